The second-order valence-electron chi connectivity index (χ2n) is 6.60. The molecular weight excluding hydrogens is 340 g/mol. The molecule has 0 aliphatic rings. The molecule has 2 amide bonds. The van der Waals surface area contributed by atoms with Crippen LogP contribution >= 0.6 is 0 Å². The van der Waals surface area contributed by atoms with Crippen LogP contribution in [0.5, 0.6) is 5.75 Å². The van der Waals surface area contributed by atoms with Gasteiger partial charge in [-0.05, 0) is 36.6 Å². The first-order chi connectivity index (χ1) is 13.0. The fourth-order valence-electron chi connectivity index (χ4n) is 2.70. The summed E-state index contributed by atoms with van der Waals surface area (Å²) in [5.74, 6) is 0.378. The molecule has 1 unspecified atom stereocenters. The monoisotopic (exact) mass is 368 g/mol. The summed E-state index contributed by atoms with van der Waals surface area (Å²) in [4.78, 5) is 25.9. The number of hydrogen-bond donors (Lipinski definition) is 1. The van der Waals surface area contributed by atoms with Gasteiger partial charge in [-0.15, -0.1) is 0 Å². The first kappa shape index (κ1) is 20.5. The van der Waals surface area contributed by atoms with Gasteiger partial charge in [0.05, 0.1) is 6.04 Å². The lowest BCUT2D eigenvalue weighted by atomic mass is 10.0. The first-order valence-electron chi connectivity index (χ1n) is 9.27. The largest absolute Gasteiger partial charge is 0.483 e. The number of amides is 2. The summed E-state index contributed by atoms with van der Waals surface area (Å²) in [7, 11) is 3.38. The number of carbonyl (C=O) groups excluding carboxylic acids is 2. The zero-order valence-corrected chi connectivity index (χ0v) is 16.5. The maximum atomic E-state index is 12.6. The van der Waals surface area contributed by atoms with E-state index in [1.165, 1.54) is 10.5 Å². The summed E-state index contributed by atoms with van der Waals surface area (Å²) >= 11 is 0. The predicted octanol–water partition coefficient (Wildman–Crippen LogP) is 3.60. The molecule has 5 heteroatoms. The lowest BCUT2D eigenvalue weighted by Gasteiger charge is -2.21. The van der Waals surface area contributed by atoms with Crippen LogP contribution in [-0.2, 0) is 11.2 Å². The van der Waals surface area contributed by atoms with E-state index in [2.05, 4.69) is 12.2 Å². The van der Waals surface area contributed by atoms with Gasteiger partial charge in [-0.1, -0.05) is 44.2 Å². The molecule has 0 radical (unpaired) electrons. The summed E-state index contributed by atoms with van der Waals surface area (Å²) in [5, 5.41) is 3.07. The Hall–Kier alpha value is -2.82. The van der Waals surface area contributed by atoms with Crippen molar-refractivity contribution in [1.29, 1.82) is 0 Å². The highest BCUT2D eigenvalue weighted by Crippen LogP contribution is 2.27. The number of nitrogens with one attached hydrogen (secondary N) is 1. The molecule has 2 aromatic carbocycles. The number of hydrogen-bond acceptors (Lipinski definition) is 3. The number of benzene rings is 2. The number of para-hydroxylation sites is 1. The zero-order chi connectivity index (χ0) is 19.8. The van der Waals surface area contributed by atoms with E-state index in [9.17, 15) is 9.59 Å². The fraction of sp³-hybridized carbons (Fsp3) is 0.364. The first-order valence-corrected chi connectivity index (χ1v) is 9.27. The van der Waals surface area contributed by atoms with Crippen LogP contribution in [0, 0.1) is 0 Å². The fourth-order valence-corrected chi connectivity index (χ4v) is 2.70. The highest BCUT2D eigenvalue weighted by atomic mass is 16.5. The molecule has 2 aromatic rings. The number of carbonyl (C=O) groups is 2. The Balaban J connectivity index is 2.14. The highest BCUT2D eigenvalue weighted by Gasteiger charge is 2.18. The lowest BCUT2D eigenvalue weighted by molar-refractivity contribution is -0.130. The van der Waals surface area contributed by atoms with Gasteiger partial charge < -0.3 is 15.0 Å². The van der Waals surface area contributed by atoms with Gasteiger partial charge >= 0.3 is 0 Å². The van der Waals surface area contributed by atoms with Crippen molar-refractivity contribution in [2.75, 3.05) is 20.7 Å². The van der Waals surface area contributed by atoms with Crippen molar-refractivity contribution >= 4 is 11.8 Å². The minimum atomic E-state index is -0.200. The van der Waals surface area contributed by atoms with Crippen molar-refractivity contribution in [1.82, 2.24) is 10.2 Å². The van der Waals surface area contributed by atoms with Gasteiger partial charge in [0, 0.05) is 25.2 Å². The maximum absolute atomic E-state index is 12.6. The van der Waals surface area contributed by atoms with Crippen molar-refractivity contribution < 1.29 is 14.3 Å². The molecule has 27 heavy (non-hydrogen) atoms. The second-order valence-corrected chi connectivity index (χ2v) is 6.60. The molecule has 1 N–H and O–H groups in total. The van der Waals surface area contributed by atoms with Gasteiger partial charge in [0.2, 0.25) is 0 Å². The van der Waals surface area contributed by atoms with Crippen LogP contribution in [0.15, 0.2) is 48.5 Å². The number of rotatable bonds is 8. The molecule has 0 fully saturated rings. The Morgan fingerprint density at radius 3 is 2.30 bits per heavy atom. The van der Waals surface area contributed by atoms with Gasteiger partial charge in [-0.2, -0.15) is 0 Å². The summed E-state index contributed by atoms with van der Waals surface area (Å²) in [6.45, 7) is 4.06. The molecule has 0 aliphatic carbocycles. The Kier molecular flexibility index (Phi) is 7.41. The average Bonchev–Trinajstić information content (AvgIpc) is 2.70. The molecule has 5 nitrogen and oxygen atoms in total. The molecule has 0 saturated heterocycles. The predicted molar refractivity (Wildman–Crippen MR) is 107 cm³/mol. The molecule has 0 bridgehead atoms. The van der Waals surface area contributed by atoms with Crippen molar-refractivity contribution in [3.8, 4) is 5.75 Å². The normalized spacial score (nSPS) is 11.6. The zero-order valence-electron chi connectivity index (χ0n) is 16.5. The van der Waals surface area contributed by atoms with Gasteiger partial charge in [-0.3, -0.25) is 9.59 Å². The number of nitrogens with zero attached hydrogens (tertiary/aromatic N) is 1. The Labute approximate surface area is 161 Å². The molecule has 1 atom stereocenters. The Bertz CT molecular complexity index is 769. The van der Waals surface area contributed by atoms with E-state index in [0.29, 0.717) is 17.7 Å². The second kappa shape index (κ2) is 9.76. The van der Waals surface area contributed by atoms with Crippen LogP contribution in [0.2, 0.25) is 0 Å². The third-order valence-electron chi connectivity index (χ3n) is 4.48. The van der Waals surface area contributed by atoms with E-state index >= 15 is 0 Å². The van der Waals surface area contributed by atoms with Crippen molar-refractivity contribution in [3.63, 3.8) is 0 Å². The summed E-state index contributed by atoms with van der Waals surface area (Å²) in [6.07, 6.45) is 1.65. The van der Waals surface area contributed by atoms with Crippen LogP contribution in [-0.4, -0.2) is 37.4 Å². The van der Waals surface area contributed by atoms with Gasteiger partial charge in [0.1, 0.15) is 5.75 Å². The molecule has 0 heterocycles. The molecular formula is C22H28N2O3. The SMILES string of the molecule is CCc1ccc(C(=O)NC(CC)c2ccccc2OCC(=O)N(C)C)cc1. The minimum absolute atomic E-state index is 0.0348. The Morgan fingerprint density at radius 2 is 1.70 bits per heavy atom. The van der Waals surface area contributed by atoms with Gasteiger partial charge in [-0.25, -0.2) is 0 Å². The van der Waals surface area contributed by atoms with E-state index in [1.807, 2.05) is 55.5 Å². The van der Waals surface area contributed by atoms with Crippen molar-refractivity contribution in [2.45, 2.75) is 32.7 Å². The summed E-state index contributed by atoms with van der Waals surface area (Å²) in [5.41, 5.74) is 2.69. The van der Waals surface area contributed by atoms with Crippen LogP contribution < -0.4 is 10.1 Å². The maximum Gasteiger partial charge on any atom is 0.259 e. The summed E-state index contributed by atoms with van der Waals surface area (Å²) < 4.78 is 5.72. The highest BCUT2D eigenvalue weighted by molar-refractivity contribution is 5.94. The third kappa shape index (κ3) is 5.58. The van der Waals surface area contributed by atoms with Crippen molar-refractivity contribution in [3.05, 3.63) is 65.2 Å². The van der Waals surface area contributed by atoms with E-state index < -0.39 is 0 Å². The number of ether oxygens (including phenoxy) is 1. The topological polar surface area (TPSA) is 58.6 Å². The van der Waals surface area contributed by atoms with Crippen molar-refractivity contribution in [2.24, 2.45) is 0 Å². The number of likely N-dealkylation sites (N-methyl/N-ethyl adjacent to an activating group) is 1. The standard InChI is InChI=1S/C22H28N2O3/c1-5-16-11-13-17(14-12-16)22(26)23-19(6-2)18-9-7-8-10-20(18)27-15-21(25)24(3)4/h7-14,19H,5-6,15H2,1-4H3,(H,23,26). The average molecular weight is 368 g/mol. The van der Waals surface area contributed by atoms with E-state index in [4.69, 9.17) is 4.74 Å². The number of aryl methyl sites for hydroxylation is 1. The smallest absolute Gasteiger partial charge is 0.259 e. The van der Waals surface area contributed by atoms with Gasteiger partial charge in [0.15, 0.2) is 6.61 Å². The molecule has 144 valence electrons. The molecule has 0 aliphatic heterocycles. The Morgan fingerprint density at radius 1 is 1.04 bits per heavy atom. The molecule has 0 saturated carbocycles. The molecule has 2 rings (SSSR count). The quantitative estimate of drug-likeness (QED) is 0.774. The van der Waals surface area contributed by atoms with Gasteiger partial charge in [0.25, 0.3) is 11.8 Å². The van der Waals surface area contributed by atoms with E-state index in [-0.39, 0.29) is 24.5 Å². The lowest BCUT2D eigenvalue weighted by Crippen LogP contribution is -2.30. The minimum Gasteiger partial charge on any atom is -0.483 e. The van der Waals surface area contributed by atoms with Crippen LogP contribution in [0.4, 0.5) is 0 Å². The molecule has 0 spiro atoms. The molecule has 0 aromatic heterocycles. The van der Waals surface area contributed by atoms with E-state index in [0.717, 1.165) is 12.0 Å². The van der Waals surface area contributed by atoms with Crippen LogP contribution in [0.25, 0.3) is 0 Å². The third-order valence-corrected chi connectivity index (χ3v) is 4.48. The van der Waals surface area contributed by atoms with E-state index in [1.54, 1.807) is 14.1 Å². The van der Waals surface area contributed by atoms with Crippen LogP contribution in [0.3, 0.4) is 0 Å². The van der Waals surface area contributed by atoms with Crippen LogP contribution in [0.1, 0.15) is 47.8 Å². The summed E-state index contributed by atoms with van der Waals surface area (Å²) in [6, 6.07) is 14.9.